The molecule has 0 radical (unpaired) electrons. The summed E-state index contributed by atoms with van der Waals surface area (Å²) < 4.78 is 0. The number of carboxylic acid groups (broad SMARTS) is 1. The van der Waals surface area contributed by atoms with Gasteiger partial charge in [0.25, 0.3) is 0 Å². The molecule has 0 spiro atoms. The van der Waals surface area contributed by atoms with Crippen LogP contribution in [0.2, 0.25) is 0 Å². The van der Waals surface area contributed by atoms with Gasteiger partial charge in [-0.3, -0.25) is 4.79 Å². The van der Waals surface area contributed by atoms with Crippen molar-refractivity contribution in [3.63, 3.8) is 0 Å². The minimum Gasteiger partial charge on any atom is -0.478 e. The summed E-state index contributed by atoms with van der Waals surface area (Å²) in [6, 6.07) is 14.1. The number of benzene rings is 2. The summed E-state index contributed by atoms with van der Waals surface area (Å²) in [6.45, 7) is 2.44. The third kappa shape index (κ3) is 3.92. The number of hydrogen-bond donors (Lipinski definition) is 2. The molecule has 0 heterocycles. The molecule has 0 aliphatic heterocycles. The molecule has 4 heteroatoms. The lowest BCUT2D eigenvalue weighted by Gasteiger charge is -2.07. The van der Waals surface area contributed by atoms with Crippen molar-refractivity contribution in [2.75, 3.05) is 5.32 Å². The molecule has 0 aromatic heterocycles. The lowest BCUT2D eigenvalue weighted by Crippen LogP contribution is -2.02. The van der Waals surface area contributed by atoms with E-state index in [2.05, 4.69) is 5.32 Å². The molecule has 0 saturated carbocycles. The highest BCUT2D eigenvalue weighted by molar-refractivity contribution is 5.96. The Bertz CT molecular complexity index is 630. The number of aromatic carboxylic acids is 1. The summed E-state index contributed by atoms with van der Waals surface area (Å²) in [5, 5.41) is 12.1. The molecule has 0 aliphatic rings. The van der Waals surface area contributed by atoms with Gasteiger partial charge < -0.3 is 10.4 Å². The summed E-state index contributed by atoms with van der Waals surface area (Å²) in [4.78, 5) is 22.3. The monoisotopic (exact) mass is 283 g/mol. The van der Waals surface area contributed by atoms with Crippen LogP contribution in [0.15, 0.2) is 48.5 Å². The Kier molecular flexibility index (Phi) is 4.72. The molecule has 0 saturated heterocycles. The maximum atomic E-state index is 11.5. The van der Waals surface area contributed by atoms with E-state index in [0.717, 1.165) is 11.3 Å². The predicted molar refractivity (Wildman–Crippen MR) is 81.8 cm³/mol. The normalized spacial score (nSPS) is 10.1. The molecule has 2 rings (SSSR count). The van der Waals surface area contributed by atoms with Gasteiger partial charge in [-0.2, -0.15) is 0 Å². The van der Waals surface area contributed by atoms with Crippen LogP contribution in [0.3, 0.4) is 0 Å². The Morgan fingerprint density at radius 2 is 1.52 bits per heavy atom. The van der Waals surface area contributed by atoms with Gasteiger partial charge in [-0.05, 0) is 42.0 Å². The highest BCUT2D eigenvalue weighted by Gasteiger charge is 2.03. The summed E-state index contributed by atoms with van der Waals surface area (Å²) in [7, 11) is 0. The van der Waals surface area contributed by atoms with Gasteiger partial charge in [-0.1, -0.05) is 19.1 Å². The largest absolute Gasteiger partial charge is 0.478 e. The second-order valence-corrected chi connectivity index (χ2v) is 4.71. The maximum absolute atomic E-state index is 11.5. The van der Waals surface area contributed by atoms with Gasteiger partial charge in [0, 0.05) is 24.2 Å². The van der Waals surface area contributed by atoms with Crippen LogP contribution in [0, 0.1) is 0 Å². The number of ketones is 1. The van der Waals surface area contributed by atoms with Crippen molar-refractivity contribution in [1.29, 1.82) is 0 Å². The number of Topliss-reactive ketones (excluding diaryl/α,β-unsaturated/α-hetero) is 1. The number of anilines is 1. The van der Waals surface area contributed by atoms with Gasteiger partial charge >= 0.3 is 5.97 Å². The Morgan fingerprint density at radius 1 is 0.952 bits per heavy atom. The number of hydrogen-bond acceptors (Lipinski definition) is 3. The quantitative estimate of drug-likeness (QED) is 0.795. The second kappa shape index (κ2) is 6.70. The molecule has 0 bridgehead atoms. The fourth-order valence-electron chi connectivity index (χ4n) is 1.95. The Labute approximate surface area is 123 Å². The van der Waals surface area contributed by atoms with E-state index < -0.39 is 5.97 Å². The molecule has 0 fully saturated rings. The molecular weight excluding hydrogens is 266 g/mol. The van der Waals surface area contributed by atoms with Gasteiger partial charge in [0.05, 0.1) is 5.56 Å². The molecule has 2 N–H and O–H groups in total. The van der Waals surface area contributed by atoms with Gasteiger partial charge in [0.2, 0.25) is 0 Å². The maximum Gasteiger partial charge on any atom is 0.335 e. The first-order chi connectivity index (χ1) is 10.1. The van der Waals surface area contributed by atoms with E-state index in [1.165, 1.54) is 0 Å². The first kappa shape index (κ1) is 14.8. The third-order valence-corrected chi connectivity index (χ3v) is 3.23. The van der Waals surface area contributed by atoms with E-state index in [0.29, 0.717) is 18.5 Å². The van der Waals surface area contributed by atoms with Crippen LogP contribution in [-0.2, 0) is 6.54 Å². The van der Waals surface area contributed by atoms with Crippen LogP contribution in [0.4, 0.5) is 5.69 Å². The van der Waals surface area contributed by atoms with E-state index in [9.17, 15) is 9.59 Å². The van der Waals surface area contributed by atoms with Crippen LogP contribution in [0.5, 0.6) is 0 Å². The van der Waals surface area contributed by atoms with Crippen molar-refractivity contribution >= 4 is 17.4 Å². The zero-order valence-electron chi connectivity index (χ0n) is 11.8. The smallest absolute Gasteiger partial charge is 0.335 e. The SMILES string of the molecule is CCC(=O)c1ccc(NCc2ccc(C(=O)O)cc2)cc1. The molecule has 2 aromatic carbocycles. The predicted octanol–water partition coefficient (Wildman–Crippen LogP) is 3.59. The van der Waals surface area contributed by atoms with E-state index >= 15 is 0 Å². The molecule has 0 aliphatic carbocycles. The molecule has 108 valence electrons. The Balaban J connectivity index is 1.96. The number of rotatable bonds is 6. The number of carbonyl (C=O) groups excluding carboxylic acids is 1. The minimum atomic E-state index is -0.925. The minimum absolute atomic E-state index is 0.130. The summed E-state index contributed by atoms with van der Waals surface area (Å²) in [5.74, 6) is -0.795. The molecule has 0 atom stereocenters. The summed E-state index contributed by atoms with van der Waals surface area (Å²) >= 11 is 0. The molecule has 0 amide bonds. The number of carbonyl (C=O) groups is 2. The van der Waals surface area contributed by atoms with Gasteiger partial charge in [0.15, 0.2) is 5.78 Å². The van der Waals surface area contributed by atoms with E-state index in [-0.39, 0.29) is 11.3 Å². The zero-order chi connectivity index (χ0) is 15.2. The summed E-state index contributed by atoms with van der Waals surface area (Å²) in [6.07, 6.45) is 0.503. The van der Waals surface area contributed by atoms with Crippen molar-refractivity contribution in [2.24, 2.45) is 0 Å². The third-order valence-electron chi connectivity index (χ3n) is 3.23. The van der Waals surface area contributed by atoms with Gasteiger partial charge in [-0.15, -0.1) is 0 Å². The van der Waals surface area contributed by atoms with Crippen LogP contribution in [0.25, 0.3) is 0 Å². The van der Waals surface area contributed by atoms with Crippen molar-refractivity contribution < 1.29 is 14.7 Å². The molecule has 4 nitrogen and oxygen atoms in total. The lowest BCUT2D eigenvalue weighted by molar-refractivity contribution is 0.0696. The van der Waals surface area contributed by atoms with Gasteiger partial charge in [0.1, 0.15) is 0 Å². The number of carboxylic acids is 1. The number of nitrogens with one attached hydrogen (secondary N) is 1. The van der Waals surface area contributed by atoms with Crippen molar-refractivity contribution in [3.05, 3.63) is 65.2 Å². The molecular formula is C17H17NO3. The second-order valence-electron chi connectivity index (χ2n) is 4.71. The lowest BCUT2D eigenvalue weighted by atomic mass is 10.1. The molecule has 21 heavy (non-hydrogen) atoms. The Hall–Kier alpha value is -2.62. The first-order valence-corrected chi connectivity index (χ1v) is 6.79. The highest BCUT2D eigenvalue weighted by atomic mass is 16.4. The Morgan fingerprint density at radius 3 is 2.05 bits per heavy atom. The average Bonchev–Trinajstić information content (AvgIpc) is 2.53. The van der Waals surface area contributed by atoms with E-state index in [1.54, 1.807) is 24.3 Å². The summed E-state index contributed by atoms with van der Waals surface area (Å²) in [5.41, 5.74) is 2.91. The fourth-order valence-corrected chi connectivity index (χ4v) is 1.95. The van der Waals surface area contributed by atoms with Crippen molar-refractivity contribution in [2.45, 2.75) is 19.9 Å². The van der Waals surface area contributed by atoms with Crippen LogP contribution < -0.4 is 5.32 Å². The van der Waals surface area contributed by atoms with Gasteiger partial charge in [-0.25, -0.2) is 4.79 Å². The molecule has 0 unspecified atom stereocenters. The van der Waals surface area contributed by atoms with Crippen LogP contribution in [-0.4, -0.2) is 16.9 Å². The first-order valence-electron chi connectivity index (χ1n) is 6.79. The fraction of sp³-hybridized carbons (Fsp3) is 0.176. The van der Waals surface area contributed by atoms with Crippen molar-refractivity contribution in [3.8, 4) is 0 Å². The van der Waals surface area contributed by atoms with E-state index in [1.807, 2.05) is 31.2 Å². The molecule has 2 aromatic rings. The topological polar surface area (TPSA) is 66.4 Å². The van der Waals surface area contributed by atoms with E-state index in [4.69, 9.17) is 5.11 Å². The highest BCUT2D eigenvalue weighted by Crippen LogP contribution is 2.13. The van der Waals surface area contributed by atoms with Crippen LogP contribution >= 0.6 is 0 Å². The van der Waals surface area contributed by atoms with Crippen LogP contribution in [0.1, 0.15) is 39.6 Å². The van der Waals surface area contributed by atoms with Crippen molar-refractivity contribution in [1.82, 2.24) is 0 Å². The average molecular weight is 283 g/mol. The zero-order valence-corrected chi connectivity index (χ0v) is 11.8. The standard InChI is InChI=1S/C17H17NO3/c1-2-16(19)13-7-9-15(10-8-13)18-11-12-3-5-14(6-4-12)17(20)21/h3-10,18H,2,11H2,1H3,(H,20,21).